The average molecular weight is 421 g/mol. The van der Waals surface area contributed by atoms with Gasteiger partial charge in [0.1, 0.15) is 5.75 Å². The van der Waals surface area contributed by atoms with E-state index in [-0.39, 0.29) is 12.6 Å². The number of carbonyl (C=O) groups is 2. The monoisotopic (exact) mass is 421 g/mol. The van der Waals surface area contributed by atoms with Crippen molar-refractivity contribution in [3.05, 3.63) is 76.5 Å². The molecule has 2 aliphatic heterocycles. The van der Waals surface area contributed by atoms with Gasteiger partial charge in [0, 0.05) is 25.3 Å². The van der Waals surface area contributed by atoms with E-state index in [9.17, 15) is 9.59 Å². The highest BCUT2D eigenvalue weighted by Crippen LogP contribution is 2.30. The molecule has 0 aromatic heterocycles. The molecule has 2 aromatic rings. The molecule has 0 aliphatic carbocycles. The number of carbonyl (C=O) groups excluding carboxylic acids is 2. The van der Waals surface area contributed by atoms with Crippen LogP contribution in [0, 0.1) is 0 Å². The van der Waals surface area contributed by atoms with Gasteiger partial charge in [-0.05, 0) is 42.2 Å². The smallest absolute Gasteiger partial charge is 0.338 e. The Kier molecular flexibility index (Phi) is 6.23. The van der Waals surface area contributed by atoms with E-state index in [1.54, 1.807) is 14.0 Å². The largest absolute Gasteiger partial charge is 0.497 e. The number of urea groups is 1. The highest BCUT2D eigenvalue weighted by atomic mass is 16.5. The lowest BCUT2D eigenvalue weighted by molar-refractivity contribution is -0.139. The maximum absolute atomic E-state index is 13.0. The second-order valence-corrected chi connectivity index (χ2v) is 7.65. The van der Waals surface area contributed by atoms with E-state index in [4.69, 9.17) is 9.47 Å². The minimum Gasteiger partial charge on any atom is -0.497 e. The third kappa shape index (κ3) is 4.56. The second kappa shape index (κ2) is 9.22. The van der Waals surface area contributed by atoms with E-state index in [0.717, 1.165) is 25.1 Å². The number of hydrogen-bond donors (Lipinski definition) is 2. The van der Waals surface area contributed by atoms with Gasteiger partial charge in [-0.3, -0.25) is 4.90 Å². The van der Waals surface area contributed by atoms with Gasteiger partial charge >= 0.3 is 12.0 Å². The predicted molar refractivity (Wildman–Crippen MR) is 116 cm³/mol. The first kappa shape index (κ1) is 20.9. The van der Waals surface area contributed by atoms with E-state index in [1.165, 1.54) is 11.1 Å². The minimum absolute atomic E-state index is 0.255. The lowest BCUT2D eigenvalue weighted by Gasteiger charge is -2.34. The lowest BCUT2D eigenvalue weighted by atomic mass is 9.94. The first-order valence-electron chi connectivity index (χ1n) is 10.5. The number of ether oxygens (including phenoxy) is 2. The molecule has 2 amide bonds. The van der Waals surface area contributed by atoms with Crippen molar-refractivity contribution in [2.45, 2.75) is 25.9 Å². The quantitative estimate of drug-likeness (QED) is 0.701. The van der Waals surface area contributed by atoms with Crippen LogP contribution >= 0.6 is 0 Å². The number of hydrogen-bond acceptors (Lipinski definition) is 5. The van der Waals surface area contributed by atoms with Gasteiger partial charge in [-0.1, -0.05) is 36.4 Å². The molecule has 0 spiro atoms. The summed E-state index contributed by atoms with van der Waals surface area (Å²) in [5.74, 6) is 0.220. The van der Waals surface area contributed by atoms with Crippen LogP contribution in [-0.4, -0.2) is 43.7 Å². The van der Waals surface area contributed by atoms with E-state index >= 15 is 0 Å². The summed E-state index contributed by atoms with van der Waals surface area (Å²) in [6.45, 7) is 4.10. The summed E-state index contributed by atoms with van der Waals surface area (Å²) >= 11 is 0. The van der Waals surface area contributed by atoms with Crippen molar-refractivity contribution in [1.82, 2.24) is 15.5 Å². The highest BCUT2D eigenvalue weighted by Gasteiger charge is 2.34. The molecule has 2 aromatic carbocycles. The lowest BCUT2D eigenvalue weighted by Crippen LogP contribution is -2.49. The van der Waals surface area contributed by atoms with Crippen LogP contribution < -0.4 is 15.4 Å². The molecule has 1 atom stereocenters. The molecule has 162 valence electrons. The molecule has 7 nitrogen and oxygen atoms in total. The molecule has 0 bridgehead atoms. The Labute approximate surface area is 182 Å². The summed E-state index contributed by atoms with van der Waals surface area (Å²) in [5.41, 5.74) is 4.39. The van der Waals surface area contributed by atoms with Crippen LogP contribution in [0.4, 0.5) is 4.79 Å². The number of fused-ring (bicyclic) bond motifs is 1. The van der Waals surface area contributed by atoms with E-state index in [0.29, 0.717) is 23.6 Å². The molecule has 0 radical (unpaired) electrons. The molecular formula is C24H27N3O4. The molecule has 0 saturated heterocycles. The fourth-order valence-corrected chi connectivity index (χ4v) is 4.18. The Balaban J connectivity index is 1.68. The molecule has 1 unspecified atom stereocenters. The minimum atomic E-state index is -0.616. The van der Waals surface area contributed by atoms with Crippen molar-refractivity contribution < 1.29 is 19.1 Å². The van der Waals surface area contributed by atoms with Gasteiger partial charge in [0.05, 0.1) is 25.3 Å². The van der Waals surface area contributed by atoms with E-state index in [2.05, 4.69) is 33.7 Å². The number of nitrogens with one attached hydrogen (secondary N) is 2. The SMILES string of the molecule is CCOC(=O)C1=C(CN2CCc3ccccc3C2)NC(=O)NC1c1cccc(OC)c1. The molecule has 0 fully saturated rings. The Morgan fingerprint density at radius 3 is 2.74 bits per heavy atom. The summed E-state index contributed by atoms with van der Waals surface area (Å²) in [4.78, 5) is 27.7. The summed E-state index contributed by atoms with van der Waals surface area (Å²) in [5, 5.41) is 5.73. The third-order valence-corrected chi connectivity index (χ3v) is 5.67. The van der Waals surface area contributed by atoms with Crippen LogP contribution in [0.5, 0.6) is 5.75 Å². The fraction of sp³-hybridized carbons (Fsp3) is 0.333. The zero-order chi connectivity index (χ0) is 21.8. The first-order chi connectivity index (χ1) is 15.1. The van der Waals surface area contributed by atoms with E-state index < -0.39 is 12.0 Å². The van der Waals surface area contributed by atoms with Crippen molar-refractivity contribution in [3.8, 4) is 5.75 Å². The van der Waals surface area contributed by atoms with Crippen LogP contribution in [0.2, 0.25) is 0 Å². The van der Waals surface area contributed by atoms with Crippen LogP contribution in [0.3, 0.4) is 0 Å². The van der Waals surface area contributed by atoms with Gasteiger partial charge in [-0.2, -0.15) is 0 Å². The van der Waals surface area contributed by atoms with Crippen LogP contribution in [0.1, 0.15) is 29.7 Å². The van der Waals surface area contributed by atoms with Crippen LogP contribution in [0.15, 0.2) is 59.8 Å². The molecule has 7 heteroatoms. The number of amides is 2. The Morgan fingerprint density at radius 1 is 1.16 bits per heavy atom. The number of nitrogens with zero attached hydrogens (tertiary/aromatic N) is 1. The number of benzene rings is 2. The van der Waals surface area contributed by atoms with E-state index in [1.807, 2.05) is 30.3 Å². The Bertz CT molecular complexity index is 1020. The average Bonchev–Trinajstić information content (AvgIpc) is 2.78. The van der Waals surface area contributed by atoms with Gasteiger partial charge < -0.3 is 20.1 Å². The molecule has 0 saturated carbocycles. The molecular weight excluding hydrogens is 394 g/mol. The van der Waals surface area contributed by atoms with Crippen LogP contribution in [-0.2, 0) is 22.5 Å². The first-order valence-corrected chi connectivity index (χ1v) is 10.5. The number of methoxy groups -OCH3 is 1. The summed E-state index contributed by atoms with van der Waals surface area (Å²) < 4.78 is 10.7. The van der Waals surface area contributed by atoms with Crippen LogP contribution in [0.25, 0.3) is 0 Å². The normalized spacial score (nSPS) is 18.6. The molecule has 2 aliphatic rings. The molecule has 2 heterocycles. The second-order valence-electron chi connectivity index (χ2n) is 7.65. The van der Waals surface area contributed by atoms with Gasteiger partial charge in [0.2, 0.25) is 0 Å². The Hall–Kier alpha value is -3.32. The van der Waals surface area contributed by atoms with Gasteiger partial charge in [-0.25, -0.2) is 9.59 Å². The third-order valence-electron chi connectivity index (χ3n) is 5.67. The summed E-state index contributed by atoms with van der Waals surface area (Å²) in [6.07, 6.45) is 0.934. The number of esters is 1. The summed E-state index contributed by atoms with van der Waals surface area (Å²) in [7, 11) is 1.59. The maximum atomic E-state index is 13.0. The molecule has 2 N–H and O–H groups in total. The standard InChI is InChI=1S/C24H27N3O4/c1-3-31-23(28)21-20(15-27-12-11-16-7-4-5-8-18(16)14-27)25-24(29)26-22(21)17-9-6-10-19(13-17)30-2/h4-10,13,22H,3,11-12,14-15H2,1-2H3,(H2,25,26,29). The zero-order valence-corrected chi connectivity index (χ0v) is 17.8. The molecule has 4 rings (SSSR count). The Morgan fingerprint density at radius 2 is 1.97 bits per heavy atom. The van der Waals surface area contributed by atoms with Gasteiger partial charge in [-0.15, -0.1) is 0 Å². The van der Waals surface area contributed by atoms with Gasteiger partial charge in [0.15, 0.2) is 0 Å². The zero-order valence-electron chi connectivity index (χ0n) is 17.8. The van der Waals surface area contributed by atoms with Crippen molar-refractivity contribution in [2.24, 2.45) is 0 Å². The highest BCUT2D eigenvalue weighted by molar-refractivity contribution is 5.95. The topological polar surface area (TPSA) is 79.9 Å². The predicted octanol–water partition coefficient (Wildman–Crippen LogP) is 2.92. The number of rotatable bonds is 6. The van der Waals surface area contributed by atoms with Crippen molar-refractivity contribution >= 4 is 12.0 Å². The summed E-state index contributed by atoms with van der Waals surface area (Å²) in [6, 6.07) is 14.8. The van der Waals surface area contributed by atoms with Crippen molar-refractivity contribution in [1.29, 1.82) is 0 Å². The molecule has 31 heavy (non-hydrogen) atoms. The fourth-order valence-electron chi connectivity index (χ4n) is 4.18. The van der Waals surface area contributed by atoms with Crippen molar-refractivity contribution in [2.75, 3.05) is 26.8 Å². The van der Waals surface area contributed by atoms with Crippen molar-refractivity contribution in [3.63, 3.8) is 0 Å². The maximum Gasteiger partial charge on any atom is 0.338 e. The van der Waals surface area contributed by atoms with Gasteiger partial charge in [0.25, 0.3) is 0 Å².